The van der Waals surface area contributed by atoms with E-state index >= 15 is 0 Å². The number of amides is 1. The largest absolute Gasteiger partial charge is 0.325 e. The molecule has 0 aromatic heterocycles. The number of carbonyl (C=O) groups excluding carboxylic acids is 1. The van der Waals surface area contributed by atoms with E-state index in [1.807, 2.05) is 0 Å². The van der Waals surface area contributed by atoms with Gasteiger partial charge in [-0.3, -0.25) is 4.79 Å². The highest BCUT2D eigenvalue weighted by Crippen LogP contribution is 2.29. The molecule has 0 unspecified atom stereocenters. The van der Waals surface area contributed by atoms with Crippen LogP contribution in [0.4, 0.5) is 5.69 Å². The molecule has 1 aliphatic rings. The van der Waals surface area contributed by atoms with Crippen molar-refractivity contribution in [2.24, 2.45) is 5.92 Å². The number of hydrogen-bond donors (Lipinski definition) is 1. The van der Waals surface area contributed by atoms with Crippen molar-refractivity contribution in [3.8, 4) is 0 Å². The van der Waals surface area contributed by atoms with Crippen molar-refractivity contribution in [3.05, 3.63) is 28.2 Å². The molecule has 1 aromatic rings. The predicted molar refractivity (Wildman–Crippen MR) is 71.7 cm³/mol. The topological polar surface area (TPSA) is 29.1 Å². The fourth-order valence-corrected chi connectivity index (χ4v) is 2.72. The zero-order valence-corrected chi connectivity index (χ0v) is 11.0. The molecule has 4 heteroatoms. The number of carbonyl (C=O) groups is 1. The maximum absolute atomic E-state index is 11.8. The Morgan fingerprint density at radius 3 is 2.65 bits per heavy atom. The molecule has 1 aliphatic carbocycles. The third kappa shape index (κ3) is 3.62. The highest BCUT2D eigenvalue weighted by atomic mass is 35.5. The lowest BCUT2D eigenvalue weighted by Gasteiger charge is -2.10. The van der Waals surface area contributed by atoms with Crippen LogP contribution in [-0.2, 0) is 4.79 Å². The molecular formula is C13H15Cl2NO. The van der Waals surface area contributed by atoms with Gasteiger partial charge >= 0.3 is 0 Å². The molecule has 1 amide bonds. The summed E-state index contributed by atoms with van der Waals surface area (Å²) in [7, 11) is 0. The van der Waals surface area contributed by atoms with E-state index in [4.69, 9.17) is 23.2 Å². The third-order valence-electron chi connectivity index (χ3n) is 3.15. The van der Waals surface area contributed by atoms with Crippen molar-refractivity contribution in [2.45, 2.75) is 32.1 Å². The van der Waals surface area contributed by atoms with Crippen LogP contribution >= 0.6 is 23.2 Å². The first-order valence-electron chi connectivity index (χ1n) is 5.90. The molecule has 0 aliphatic heterocycles. The summed E-state index contributed by atoms with van der Waals surface area (Å²) in [5.41, 5.74) is 0.638. The van der Waals surface area contributed by atoms with Crippen molar-refractivity contribution < 1.29 is 4.79 Å². The fraction of sp³-hybridized carbons (Fsp3) is 0.462. The Balaban J connectivity index is 1.93. The fourth-order valence-electron chi connectivity index (χ4n) is 2.27. The van der Waals surface area contributed by atoms with Crippen LogP contribution in [0.25, 0.3) is 0 Å². The molecule has 17 heavy (non-hydrogen) atoms. The van der Waals surface area contributed by atoms with E-state index in [-0.39, 0.29) is 5.91 Å². The van der Waals surface area contributed by atoms with Gasteiger partial charge in [0.05, 0.1) is 10.7 Å². The van der Waals surface area contributed by atoms with Crippen LogP contribution in [0.5, 0.6) is 0 Å². The molecule has 0 spiro atoms. The number of hydrogen-bond acceptors (Lipinski definition) is 1. The number of benzene rings is 1. The quantitative estimate of drug-likeness (QED) is 0.861. The van der Waals surface area contributed by atoms with Crippen molar-refractivity contribution in [1.82, 2.24) is 0 Å². The maximum Gasteiger partial charge on any atom is 0.224 e. The molecule has 0 atom stereocenters. The van der Waals surface area contributed by atoms with Gasteiger partial charge < -0.3 is 5.32 Å². The summed E-state index contributed by atoms with van der Waals surface area (Å²) in [6, 6.07) is 5.09. The van der Waals surface area contributed by atoms with Gasteiger partial charge in [0.2, 0.25) is 5.91 Å². The lowest BCUT2D eigenvalue weighted by Crippen LogP contribution is -2.15. The second-order valence-electron chi connectivity index (χ2n) is 4.53. The van der Waals surface area contributed by atoms with Gasteiger partial charge in [0.1, 0.15) is 0 Å². The molecule has 1 N–H and O–H groups in total. The molecule has 1 fully saturated rings. The SMILES string of the molecule is O=C(CC1CCCC1)Nc1ccc(Cl)cc1Cl. The summed E-state index contributed by atoms with van der Waals surface area (Å²) in [5.74, 6) is 0.585. The van der Waals surface area contributed by atoms with Crippen molar-refractivity contribution >= 4 is 34.8 Å². The Morgan fingerprint density at radius 1 is 1.29 bits per heavy atom. The van der Waals surface area contributed by atoms with Crippen LogP contribution in [0.15, 0.2) is 18.2 Å². The number of rotatable bonds is 3. The van der Waals surface area contributed by atoms with E-state index in [1.54, 1.807) is 18.2 Å². The lowest BCUT2D eigenvalue weighted by molar-refractivity contribution is -0.117. The Labute approximate surface area is 111 Å². The number of halogens is 2. The maximum atomic E-state index is 11.8. The number of nitrogens with one attached hydrogen (secondary N) is 1. The van der Waals surface area contributed by atoms with Gasteiger partial charge in [-0.15, -0.1) is 0 Å². The van der Waals surface area contributed by atoms with Crippen LogP contribution in [-0.4, -0.2) is 5.91 Å². The van der Waals surface area contributed by atoms with Crippen LogP contribution in [0, 0.1) is 5.92 Å². The molecule has 1 aromatic carbocycles. The standard InChI is InChI=1S/C13H15Cl2NO/c14-10-5-6-12(11(15)8-10)16-13(17)7-9-3-1-2-4-9/h5-6,8-9H,1-4,7H2,(H,16,17). The summed E-state index contributed by atoms with van der Waals surface area (Å²) in [4.78, 5) is 11.8. The first kappa shape index (κ1) is 12.7. The summed E-state index contributed by atoms with van der Waals surface area (Å²) < 4.78 is 0. The normalized spacial score (nSPS) is 16.1. The molecule has 92 valence electrons. The Bertz CT molecular complexity index is 414. The van der Waals surface area contributed by atoms with Crippen LogP contribution < -0.4 is 5.32 Å². The zero-order chi connectivity index (χ0) is 12.3. The molecule has 1 saturated carbocycles. The molecule has 0 bridgehead atoms. The molecule has 2 rings (SSSR count). The van der Waals surface area contributed by atoms with Gasteiger partial charge in [-0.05, 0) is 37.0 Å². The van der Waals surface area contributed by atoms with Gasteiger partial charge in [-0.1, -0.05) is 36.0 Å². The Kier molecular flexibility index (Phi) is 4.30. The molecule has 2 nitrogen and oxygen atoms in total. The third-order valence-corrected chi connectivity index (χ3v) is 3.70. The van der Waals surface area contributed by atoms with E-state index in [2.05, 4.69) is 5.32 Å². The van der Waals surface area contributed by atoms with Crippen LogP contribution in [0.1, 0.15) is 32.1 Å². The molecular weight excluding hydrogens is 257 g/mol. The summed E-state index contributed by atoms with van der Waals surface area (Å²) in [6.07, 6.45) is 5.43. The zero-order valence-electron chi connectivity index (χ0n) is 9.51. The van der Waals surface area contributed by atoms with E-state index in [1.165, 1.54) is 25.7 Å². The van der Waals surface area contributed by atoms with E-state index in [0.29, 0.717) is 28.1 Å². The highest BCUT2D eigenvalue weighted by Gasteiger charge is 2.18. The average Bonchev–Trinajstić information content (AvgIpc) is 2.75. The van der Waals surface area contributed by atoms with Gasteiger partial charge in [0, 0.05) is 11.4 Å². The lowest BCUT2D eigenvalue weighted by atomic mass is 10.0. The average molecular weight is 272 g/mol. The van der Waals surface area contributed by atoms with Gasteiger partial charge in [0.15, 0.2) is 0 Å². The molecule has 0 saturated heterocycles. The van der Waals surface area contributed by atoms with E-state index in [0.717, 1.165) is 0 Å². The first-order valence-corrected chi connectivity index (χ1v) is 6.65. The van der Waals surface area contributed by atoms with Crippen molar-refractivity contribution in [1.29, 1.82) is 0 Å². The summed E-state index contributed by atoms with van der Waals surface area (Å²) in [5, 5.41) is 3.89. The van der Waals surface area contributed by atoms with Gasteiger partial charge in [-0.2, -0.15) is 0 Å². The first-order chi connectivity index (χ1) is 8.15. The highest BCUT2D eigenvalue weighted by molar-refractivity contribution is 6.36. The van der Waals surface area contributed by atoms with E-state index < -0.39 is 0 Å². The minimum atomic E-state index is 0.0427. The Hall–Kier alpha value is -0.730. The smallest absolute Gasteiger partial charge is 0.224 e. The molecule has 0 radical (unpaired) electrons. The monoisotopic (exact) mass is 271 g/mol. The second kappa shape index (κ2) is 5.74. The number of anilines is 1. The summed E-state index contributed by atoms with van der Waals surface area (Å²) >= 11 is 11.8. The predicted octanol–water partition coefficient (Wildman–Crippen LogP) is 4.51. The minimum Gasteiger partial charge on any atom is -0.325 e. The van der Waals surface area contributed by atoms with E-state index in [9.17, 15) is 4.79 Å². The summed E-state index contributed by atoms with van der Waals surface area (Å²) in [6.45, 7) is 0. The van der Waals surface area contributed by atoms with Crippen LogP contribution in [0.3, 0.4) is 0 Å². The van der Waals surface area contributed by atoms with Crippen molar-refractivity contribution in [2.75, 3.05) is 5.32 Å². The Morgan fingerprint density at radius 2 is 2.00 bits per heavy atom. The second-order valence-corrected chi connectivity index (χ2v) is 5.37. The van der Waals surface area contributed by atoms with Crippen molar-refractivity contribution in [3.63, 3.8) is 0 Å². The van der Waals surface area contributed by atoms with Gasteiger partial charge in [0.25, 0.3) is 0 Å². The molecule has 0 heterocycles. The van der Waals surface area contributed by atoms with Crippen LogP contribution in [0.2, 0.25) is 10.0 Å². The van der Waals surface area contributed by atoms with Gasteiger partial charge in [-0.25, -0.2) is 0 Å². The minimum absolute atomic E-state index is 0.0427.